The predicted octanol–water partition coefficient (Wildman–Crippen LogP) is 8.75. The number of aliphatic hydroxyl groups excluding tert-OH is 1. The Labute approximate surface area is 243 Å². The number of carbonyl (C=O) groups excluding carboxylic acids is 1. The Balaban J connectivity index is 1.34. The van der Waals surface area contributed by atoms with Crippen LogP contribution in [0.4, 0.5) is 0 Å². The molecule has 6 rings (SSSR count). The Morgan fingerprint density at radius 3 is 2.30 bits per heavy atom. The van der Waals surface area contributed by atoms with Crippen LogP contribution in [0, 0.1) is 56.7 Å². The number of hydrogen-bond acceptors (Lipinski definition) is 3. The fourth-order valence-corrected chi connectivity index (χ4v) is 12.4. The van der Waals surface area contributed by atoms with Crippen molar-refractivity contribution in [1.82, 2.24) is 0 Å². The van der Waals surface area contributed by atoms with Gasteiger partial charge in [-0.2, -0.15) is 0 Å². The highest BCUT2D eigenvalue weighted by atomic mass is 16.5. The van der Waals surface area contributed by atoms with Gasteiger partial charge in [0.05, 0.1) is 11.5 Å². The van der Waals surface area contributed by atoms with Gasteiger partial charge < -0.3 is 9.84 Å². The highest BCUT2D eigenvalue weighted by Gasteiger charge is 2.72. The van der Waals surface area contributed by atoms with Gasteiger partial charge in [-0.05, 0) is 128 Å². The zero-order valence-corrected chi connectivity index (χ0v) is 26.1. The average Bonchev–Trinajstić information content (AvgIpc) is 3.32. The molecule has 0 aliphatic heterocycles. The van der Waals surface area contributed by atoms with E-state index < -0.39 is 0 Å². The lowest BCUT2D eigenvalue weighted by Crippen LogP contribution is -2.67. The van der Waals surface area contributed by atoms with E-state index in [1.54, 1.807) is 0 Å². The first-order valence-corrected chi connectivity index (χ1v) is 16.4. The Kier molecular flexibility index (Phi) is 6.73. The zero-order valence-electron chi connectivity index (χ0n) is 26.1. The van der Waals surface area contributed by atoms with E-state index in [4.69, 9.17) is 4.74 Å². The number of hydrogen-bond donors (Lipinski definition) is 1. The van der Waals surface area contributed by atoms with E-state index >= 15 is 0 Å². The largest absolute Gasteiger partial charge is 0.460 e. The molecule has 1 unspecified atom stereocenters. The van der Waals surface area contributed by atoms with Gasteiger partial charge in [0.2, 0.25) is 0 Å². The van der Waals surface area contributed by atoms with Crippen LogP contribution in [0.25, 0.3) is 0 Å². The lowest BCUT2D eigenvalue weighted by molar-refractivity contribution is -0.248. The predicted molar refractivity (Wildman–Crippen MR) is 161 cm³/mol. The van der Waals surface area contributed by atoms with Gasteiger partial charge in [0.15, 0.2) is 0 Å². The summed E-state index contributed by atoms with van der Waals surface area (Å²) in [5.41, 5.74) is 2.67. The van der Waals surface area contributed by atoms with Crippen molar-refractivity contribution in [3.63, 3.8) is 0 Å². The second-order valence-electron chi connectivity index (χ2n) is 16.3. The first-order valence-electron chi connectivity index (χ1n) is 16.4. The third kappa shape index (κ3) is 3.74. The van der Waals surface area contributed by atoms with E-state index in [-0.39, 0.29) is 39.1 Å². The zero-order chi connectivity index (χ0) is 28.7. The van der Waals surface area contributed by atoms with Crippen LogP contribution in [0.2, 0.25) is 0 Å². The topological polar surface area (TPSA) is 46.5 Å². The molecule has 0 saturated heterocycles. The van der Waals surface area contributed by atoms with E-state index in [2.05, 4.69) is 60.3 Å². The summed E-state index contributed by atoms with van der Waals surface area (Å²) in [6.07, 6.45) is 10.9. The van der Waals surface area contributed by atoms with Crippen molar-refractivity contribution >= 4 is 5.97 Å². The van der Waals surface area contributed by atoms with Gasteiger partial charge >= 0.3 is 5.97 Å². The molecule has 220 valence electrons. The molecule has 3 heteroatoms. The minimum Gasteiger partial charge on any atom is -0.460 e. The number of rotatable bonds is 4. The molecule has 5 aliphatic carbocycles. The lowest BCUT2D eigenvalue weighted by atomic mass is 9.32. The van der Waals surface area contributed by atoms with Gasteiger partial charge in [0.25, 0.3) is 0 Å². The van der Waals surface area contributed by atoms with Crippen molar-refractivity contribution in [1.29, 1.82) is 0 Å². The highest BCUT2D eigenvalue weighted by molar-refractivity contribution is 5.78. The van der Waals surface area contributed by atoms with Gasteiger partial charge in [-0.1, -0.05) is 77.1 Å². The van der Waals surface area contributed by atoms with Crippen LogP contribution in [-0.2, 0) is 16.1 Å². The Morgan fingerprint density at radius 2 is 1.60 bits per heavy atom. The van der Waals surface area contributed by atoms with Crippen LogP contribution < -0.4 is 0 Å². The molecule has 0 spiro atoms. The smallest absolute Gasteiger partial charge is 0.312 e. The fraction of sp³-hybridized carbons (Fsp3) is 0.757. The van der Waals surface area contributed by atoms with E-state index in [1.807, 2.05) is 18.2 Å². The molecule has 5 aliphatic rings. The first kappa shape index (κ1) is 28.5. The first-order chi connectivity index (χ1) is 18.8. The molecule has 1 N–H and O–H groups in total. The average molecular weight is 547 g/mol. The molecule has 0 radical (unpaired) electrons. The number of esters is 1. The molecule has 0 aromatic heterocycles. The van der Waals surface area contributed by atoms with Crippen molar-refractivity contribution in [3.05, 3.63) is 48.0 Å². The maximum atomic E-state index is 14.1. The molecule has 1 aromatic rings. The Bertz CT molecular complexity index is 1160. The maximum absolute atomic E-state index is 14.1. The van der Waals surface area contributed by atoms with Crippen molar-refractivity contribution in [2.24, 2.45) is 56.7 Å². The molecular weight excluding hydrogens is 492 g/mol. The van der Waals surface area contributed by atoms with E-state index in [9.17, 15) is 9.90 Å². The quantitative estimate of drug-likeness (QED) is 0.303. The second kappa shape index (κ2) is 9.45. The van der Waals surface area contributed by atoms with Crippen LogP contribution >= 0.6 is 0 Å². The summed E-state index contributed by atoms with van der Waals surface area (Å²) in [4.78, 5) is 14.1. The number of benzene rings is 1. The molecule has 10 atom stereocenters. The normalized spacial score (nSPS) is 47.3. The van der Waals surface area contributed by atoms with Gasteiger partial charge in [-0.3, -0.25) is 4.79 Å². The summed E-state index contributed by atoms with van der Waals surface area (Å²) < 4.78 is 6.17. The van der Waals surface area contributed by atoms with Crippen LogP contribution in [0.1, 0.15) is 111 Å². The van der Waals surface area contributed by atoms with Gasteiger partial charge in [-0.25, -0.2) is 0 Å². The van der Waals surface area contributed by atoms with Crippen LogP contribution in [0.5, 0.6) is 0 Å². The number of aliphatic hydroxyl groups is 1. The molecule has 0 amide bonds. The van der Waals surface area contributed by atoms with Crippen LogP contribution in [-0.4, -0.2) is 17.2 Å². The summed E-state index contributed by atoms with van der Waals surface area (Å²) in [7, 11) is 0. The Morgan fingerprint density at radius 1 is 0.875 bits per heavy atom. The summed E-state index contributed by atoms with van der Waals surface area (Å²) in [6.45, 7) is 19.6. The van der Waals surface area contributed by atoms with Gasteiger partial charge in [0, 0.05) is 0 Å². The SMILES string of the molecule is C=C(C)[C@@H]1CCC2(C(=O)OCc3ccccc3)CC[C@]3(C)[C@H](CC[C@@H]4[C@@]5(C)CC[C@H](O)C(C)(C)[C@@H]5CC[C@]43C)[C@@H]12. The van der Waals surface area contributed by atoms with E-state index in [0.717, 1.165) is 44.1 Å². The molecule has 5 saturated carbocycles. The molecular formula is C37H54O3. The number of allylic oxidation sites excluding steroid dienone is 1. The Hall–Kier alpha value is -1.61. The van der Waals surface area contributed by atoms with E-state index in [1.165, 1.54) is 31.3 Å². The summed E-state index contributed by atoms with van der Waals surface area (Å²) >= 11 is 0. The molecule has 5 fully saturated rings. The standard InChI is InChI=1S/C37H54O3/c1-24(2)26-15-20-37(32(39)40-23-25-11-9-8-10-12-25)22-21-35(6)27(31(26)37)13-14-29-34(5)18-17-30(38)33(3,4)28(34)16-19-36(29,35)7/h8-12,26-31,38H,1,13-23H2,2-7H3/t26-,27+,28-,29+,30-,31+,34-,35+,36+,37?/m0/s1. The summed E-state index contributed by atoms with van der Waals surface area (Å²) in [6, 6.07) is 10.2. The number of fused-ring (bicyclic) bond motifs is 7. The van der Waals surface area contributed by atoms with Crippen LogP contribution in [0.3, 0.4) is 0 Å². The highest BCUT2D eigenvalue weighted by Crippen LogP contribution is 2.77. The molecule has 3 nitrogen and oxygen atoms in total. The summed E-state index contributed by atoms with van der Waals surface area (Å²) in [5, 5.41) is 11.0. The van der Waals surface area contributed by atoms with Crippen LogP contribution in [0.15, 0.2) is 42.5 Å². The fourth-order valence-electron chi connectivity index (χ4n) is 12.4. The molecule has 0 bridgehead atoms. The van der Waals surface area contributed by atoms with Gasteiger partial charge in [0.1, 0.15) is 6.61 Å². The van der Waals surface area contributed by atoms with Gasteiger partial charge in [-0.15, -0.1) is 0 Å². The van der Waals surface area contributed by atoms with Crippen molar-refractivity contribution in [3.8, 4) is 0 Å². The number of ether oxygens (including phenoxy) is 1. The third-order valence-electron chi connectivity index (χ3n) is 14.7. The lowest BCUT2D eigenvalue weighted by Gasteiger charge is -2.72. The minimum atomic E-state index is -0.371. The molecule has 1 aromatic carbocycles. The monoisotopic (exact) mass is 546 g/mol. The molecule has 0 heterocycles. The maximum Gasteiger partial charge on any atom is 0.312 e. The summed E-state index contributed by atoms with van der Waals surface area (Å²) in [5.74, 6) is 2.57. The number of carbonyl (C=O) groups is 1. The third-order valence-corrected chi connectivity index (χ3v) is 14.7. The van der Waals surface area contributed by atoms with Crippen molar-refractivity contribution in [2.45, 2.75) is 118 Å². The van der Waals surface area contributed by atoms with E-state index in [0.29, 0.717) is 36.2 Å². The van der Waals surface area contributed by atoms with Crippen molar-refractivity contribution in [2.75, 3.05) is 0 Å². The minimum absolute atomic E-state index is 0.0210. The van der Waals surface area contributed by atoms with Crippen molar-refractivity contribution < 1.29 is 14.6 Å². The molecule has 40 heavy (non-hydrogen) atoms. The second-order valence-corrected chi connectivity index (χ2v) is 16.3.